The number of piperidine rings is 1. The first-order valence-corrected chi connectivity index (χ1v) is 8.89. The Kier molecular flexibility index (Phi) is 5.98. The zero-order chi connectivity index (χ0) is 18.4. The van der Waals surface area contributed by atoms with Crippen molar-refractivity contribution in [2.45, 2.75) is 19.3 Å². The number of rotatable bonds is 5. The Morgan fingerprint density at radius 2 is 1.77 bits per heavy atom. The number of nitriles is 1. The highest BCUT2D eigenvalue weighted by Gasteiger charge is 2.21. The average molecular weight is 351 g/mol. The molecule has 1 saturated heterocycles. The van der Waals surface area contributed by atoms with Crippen LogP contribution >= 0.6 is 0 Å². The lowest BCUT2D eigenvalue weighted by Gasteiger charge is -2.31. The van der Waals surface area contributed by atoms with Crippen molar-refractivity contribution in [1.29, 1.82) is 5.26 Å². The van der Waals surface area contributed by atoms with E-state index in [1.54, 1.807) is 24.3 Å². The van der Waals surface area contributed by atoms with Gasteiger partial charge in [-0.05, 0) is 80.2 Å². The number of nitrogens with one attached hydrogen (secondary N) is 1. The number of carbonyl (C=O) groups is 1. The molecular formula is C21H22FN3O. The van der Waals surface area contributed by atoms with Crippen molar-refractivity contribution >= 4 is 11.6 Å². The zero-order valence-electron chi connectivity index (χ0n) is 14.6. The molecule has 0 aliphatic carbocycles. The number of halogens is 1. The quantitative estimate of drug-likeness (QED) is 0.896. The van der Waals surface area contributed by atoms with E-state index in [1.807, 2.05) is 12.1 Å². The van der Waals surface area contributed by atoms with Gasteiger partial charge in [-0.2, -0.15) is 5.26 Å². The minimum atomic E-state index is -0.197. The summed E-state index contributed by atoms with van der Waals surface area (Å²) in [5.74, 6) is 0.349. The second kappa shape index (κ2) is 8.59. The maximum atomic E-state index is 13.0. The van der Waals surface area contributed by atoms with E-state index in [1.165, 1.54) is 17.7 Å². The monoisotopic (exact) mass is 351 g/mol. The van der Waals surface area contributed by atoms with E-state index in [-0.39, 0.29) is 11.7 Å². The normalized spacial score (nSPS) is 15.4. The number of benzene rings is 2. The van der Waals surface area contributed by atoms with Gasteiger partial charge in [0.2, 0.25) is 5.91 Å². The largest absolute Gasteiger partial charge is 0.325 e. The number of amides is 1. The van der Waals surface area contributed by atoms with E-state index >= 15 is 0 Å². The third-order valence-electron chi connectivity index (χ3n) is 4.81. The Morgan fingerprint density at radius 1 is 1.12 bits per heavy atom. The van der Waals surface area contributed by atoms with Crippen molar-refractivity contribution in [2.24, 2.45) is 5.92 Å². The minimum Gasteiger partial charge on any atom is -0.325 e. The van der Waals surface area contributed by atoms with Gasteiger partial charge in [0.1, 0.15) is 5.82 Å². The van der Waals surface area contributed by atoms with Crippen LogP contribution in [0.5, 0.6) is 0 Å². The second-order valence-corrected chi connectivity index (χ2v) is 6.79. The molecule has 26 heavy (non-hydrogen) atoms. The van der Waals surface area contributed by atoms with E-state index in [2.05, 4.69) is 16.3 Å². The van der Waals surface area contributed by atoms with Crippen molar-refractivity contribution in [3.8, 4) is 6.07 Å². The molecule has 0 spiro atoms. The molecule has 3 rings (SSSR count). The third-order valence-corrected chi connectivity index (χ3v) is 4.81. The molecule has 0 unspecified atom stereocenters. The Hall–Kier alpha value is -2.71. The fourth-order valence-electron chi connectivity index (χ4n) is 3.33. The van der Waals surface area contributed by atoms with Crippen LogP contribution in [0, 0.1) is 23.1 Å². The molecule has 0 saturated carbocycles. The first-order valence-electron chi connectivity index (χ1n) is 8.89. The Morgan fingerprint density at radius 3 is 2.38 bits per heavy atom. The lowest BCUT2D eigenvalue weighted by molar-refractivity contribution is -0.117. The van der Waals surface area contributed by atoms with E-state index in [9.17, 15) is 9.18 Å². The van der Waals surface area contributed by atoms with Crippen molar-refractivity contribution in [3.05, 3.63) is 65.5 Å². The molecular weight excluding hydrogens is 329 g/mol. The maximum Gasteiger partial charge on any atom is 0.238 e. The van der Waals surface area contributed by atoms with Crippen LogP contribution in [0.1, 0.15) is 24.0 Å². The molecule has 0 bridgehead atoms. The van der Waals surface area contributed by atoms with Gasteiger partial charge >= 0.3 is 0 Å². The lowest BCUT2D eigenvalue weighted by Crippen LogP contribution is -2.39. The number of hydrogen-bond donors (Lipinski definition) is 1. The van der Waals surface area contributed by atoms with Gasteiger partial charge in [0.15, 0.2) is 0 Å². The summed E-state index contributed by atoms with van der Waals surface area (Å²) in [5.41, 5.74) is 2.45. The van der Waals surface area contributed by atoms with Gasteiger partial charge in [-0.3, -0.25) is 9.69 Å². The summed E-state index contributed by atoms with van der Waals surface area (Å²) >= 11 is 0. The highest BCUT2D eigenvalue weighted by molar-refractivity contribution is 5.92. The van der Waals surface area contributed by atoms with E-state index in [4.69, 9.17) is 5.26 Å². The third kappa shape index (κ3) is 5.14. The highest BCUT2D eigenvalue weighted by Crippen LogP contribution is 2.22. The fourth-order valence-corrected chi connectivity index (χ4v) is 3.33. The maximum absolute atomic E-state index is 13.0. The standard InChI is InChI=1S/C21H22FN3O/c22-19-5-1-16(2-6-19)13-17-9-11-25(12-10-17)15-21(26)24-20-7-3-18(14-23)4-8-20/h1-8,17H,9-13,15H2,(H,24,26). The zero-order valence-corrected chi connectivity index (χ0v) is 14.6. The smallest absolute Gasteiger partial charge is 0.238 e. The summed E-state index contributed by atoms with van der Waals surface area (Å²) in [6.07, 6.45) is 3.05. The van der Waals surface area contributed by atoms with Crippen molar-refractivity contribution in [2.75, 3.05) is 25.0 Å². The van der Waals surface area contributed by atoms with Crippen LogP contribution in [-0.4, -0.2) is 30.4 Å². The predicted molar refractivity (Wildman–Crippen MR) is 99.1 cm³/mol. The number of carbonyl (C=O) groups excluding carboxylic acids is 1. The summed E-state index contributed by atoms with van der Waals surface area (Å²) in [7, 11) is 0. The van der Waals surface area contributed by atoms with Gasteiger partial charge in [-0.15, -0.1) is 0 Å². The SMILES string of the molecule is N#Cc1ccc(NC(=O)CN2CCC(Cc3ccc(F)cc3)CC2)cc1. The Bertz CT molecular complexity index is 772. The second-order valence-electron chi connectivity index (χ2n) is 6.79. The van der Waals surface area contributed by atoms with Gasteiger partial charge in [-0.25, -0.2) is 4.39 Å². The van der Waals surface area contributed by atoms with Gasteiger partial charge in [-0.1, -0.05) is 12.1 Å². The van der Waals surface area contributed by atoms with Crippen LogP contribution in [-0.2, 0) is 11.2 Å². The molecule has 1 heterocycles. The molecule has 1 aliphatic heterocycles. The highest BCUT2D eigenvalue weighted by atomic mass is 19.1. The summed E-state index contributed by atoms with van der Waals surface area (Å²) < 4.78 is 13.0. The Balaban J connectivity index is 1.42. The molecule has 5 heteroatoms. The molecule has 0 atom stereocenters. The number of likely N-dealkylation sites (tertiary alicyclic amines) is 1. The lowest BCUT2D eigenvalue weighted by atomic mass is 9.90. The summed E-state index contributed by atoms with van der Waals surface area (Å²) in [6, 6.07) is 15.7. The molecule has 1 N–H and O–H groups in total. The van der Waals surface area contributed by atoms with Gasteiger partial charge in [0.25, 0.3) is 0 Å². The van der Waals surface area contributed by atoms with Crippen molar-refractivity contribution in [1.82, 2.24) is 4.90 Å². The predicted octanol–water partition coefficient (Wildman–Crippen LogP) is 3.59. The van der Waals surface area contributed by atoms with E-state index in [0.717, 1.165) is 32.4 Å². The summed E-state index contributed by atoms with van der Waals surface area (Å²) in [6.45, 7) is 2.17. The first-order chi connectivity index (χ1) is 12.6. The average Bonchev–Trinajstić information content (AvgIpc) is 2.66. The molecule has 4 nitrogen and oxygen atoms in total. The van der Waals surface area contributed by atoms with E-state index in [0.29, 0.717) is 23.7 Å². The van der Waals surface area contributed by atoms with E-state index < -0.39 is 0 Å². The van der Waals surface area contributed by atoms with Crippen LogP contribution < -0.4 is 5.32 Å². The van der Waals surface area contributed by atoms with Crippen LogP contribution in [0.25, 0.3) is 0 Å². The number of anilines is 1. The summed E-state index contributed by atoms with van der Waals surface area (Å²) in [5, 5.41) is 11.7. The minimum absolute atomic E-state index is 0.0355. The van der Waals surface area contributed by atoms with Gasteiger partial charge in [0, 0.05) is 5.69 Å². The fraction of sp³-hybridized carbons (Fsp3) is 0.333. The molecule has 1 fully saturated rings. The summed E-state index contributed by atoms with van der Waals surface area (Å²) in [4.78, 5) is 14.4. The van der Waals surface area contributed by atoms with Crippen LogP contribution in [0.15, 0.2) is 48.5 Å². The first kappa shape index (κ1) is 18.1. The van der Waals surface area contributed by atoms with Gasteiger partial charge < -0.3 is 5.32 Å². The molecule has 1 aliphatic rings. The van der Waals surface area contributed by atoms with Gasteiger partial charge in [0.05, 0.1) is 18.2 Å². The Labute approximate surface area is 153 Å². The van der Waals surface area contributed by atoms with Crippen LogP contribution in [0.2, 0.25) is 0 Å². The van der Waals surface area contributed by atoms with Crippen LogP contribution in [0.3, 0.4) is 0 Å². The molecule has 2 aromatic carbocycles. The topological polar surface area (TPSA) is 56.1 Å². The number of hydrogen-bond acceptors (Lipinski definition) is 3. The molecule has 0 aromatic heterocycles. The van der Waals surface area contributed by atoms with Crippen molar-refractivity contribution in [3.63, 3.8) is 0 Å². The van der Waals surface area contributed by atoms with Crippen molar-refractivity contribution < 1.29 is 9.18 Å². The van der Waals surface area contributed by atoms with Crippen LogP contribution in [0.4, 0.5) is 10.1 Å². The molecule has 2 aromatic rings. The molecule has 1 amide bonds. The molecule has 134 valence electrons. The number of nitrogens with zero attached hydrogens (tertiary/aromatic N) is 2. The molecule has 0 radical (unpaired) electrons.